The second kappa shape index (κ2) is 6.71. The molecule has 0 fully saturated rings. The summed E-state index contributed by atoms with van der Waals surface area (Å²) >= 11 is 0. The molecule has 0 saturated carbocycles. The largest absolute Gasteiger partial charge is 0.491 e. The molecule has 1 rings (SSSR count). The highest BCUT2D eigenvalue weighted by atomic mass is 16.5. The van der Waals surface area contributed by atoms with Crippen LogP contribution in [-0.4, -0.2) is 24.0 Å². The van der Waals surface area contributed by atoms with Crippen molar-refractivity contribution < 1.29 is 9.53 Å². The van der Waals surface area contributed by atoms with E-state index >= 15 is 0 Å². The van der Waals surface area contributed by atoms with Crippen LogP contribution in [0.5, 0.6) is 5.75 Å². The maximum absolute atomic E-state index is 12.0. The van der Waals surface area contributed by atoms with Crippen molar-refractivity contribution in [3.63, 3.8) is 0 Å². The summed E-state index contributed by atoms with van der Waals surface area (Å²) in [5, 5.41) is 3.31. The Balaban J connectivity index is 2.49. The molecule has 0 aliphatic carbocycles. The van der Waals surface area contributed by atoms with Gasteiger partial charge in [-0.1, -0.05) is 0 Å². The van der Waals surface area contributed by atoms with Crippen molar-refractivity contribution in [3.8, 4) is 5.75 Å². The van der Waals surface area contributed by atoms with Gasteiger partial charge in [-0.25, -0.2) is 0 Å². The van der Waals surface area contributed by atoms with E-state index in [9.17, 15) is 4.79 Å². The third kappa shape index (κ3) is 6.39. The van der Waals surface area contributed by atoms with Gasteiger partial charge in [0.25, 0.3) is 0 Å². The minimum absolute atomic E-state index is 0.0508. The van der Waals surface area contributed by atoms with Crippen LogP contribution in [0.4, 0.5) is 0 Å². The van der Waals surface area contributed by atoms with Gasteiger partial charge < -0.3 is 10.1 Å². The van der Waals surface area contributed by atoms with Crippen LogP contribution in [0.1, 0.15) is 51.4 Å². The molecular weight excluding hydrogens is 238 g/mol. The molecule has 0 saturated heterocycles. The average Bonchev–Trinajstić information content (AvgIpc) is 2.27. The van der Waals surface area contributed by atoms with Gasteiger partial charge in [-0.3, -0.25) is 4.79 Å². The van der Waals surface area contributed by atoms with Gasteiger partial charge in [0.15, 0.2) is 5.78 Å². The third-order valence-electron chi connectivity index (χ3n) is 2.56. The molecule has 0 aliphatic heterocycles. The molecule has 3 nitrogen and oxygen atoms in total. The summed E-state index contributed by atoms with van der Waals surface area (Å²) in [5.41, 5.74) is 0.793. The van der Waals surface area contributed by atoms with Gasteiger partial charge in [-0.05, 0) is 58.9 Å². The fourth-order valence-corrected chi connectivity index (χ4v) is 1.69. The number of carbonyl (C=O) groups excluding carboxylic acids is 1. The summed E-state index contributed by atoms with van der Waals surface area (Å²) < 4.78 is 5.55. The quantitative estimate of drug-likeness (QED) is 0.799. The van der Waals surface area contributed by atoms with Crippen molar-refractivity contribution in [2.45, 2.75) is 52.7 Å². The number of ketones is 1. The molecule has 19 heavy (non-hydrogen) atoms. The first-order valence-corrected chi connectivity index (χ1v) is 6.83. The summed E-state index contributed by atoms with van der Waals surface area (Å²) in [4.78, 5) is 12.0. The molecule has 106 valence electrons. The van der Waals surface area contributed by atoms with Crippen molar-refractivity contribution in [1.29, 1.82) is 0 Å². The van der Waals surface area contributed by atoms with E-state index < -0.39 is 0 Å². The van der Waals surface area contributed by atoms with Crippen molar-refractivity contribution >= 4 is 5.78 Å². The second-order valence-electron chi connectivity index (χ2n) is 6.04. The first-order chi connectivity index (χ1) is 8.78. The molecule has 3 heteroatoms. The van der Waals surface area contributed by atoms with Crippen LogP contribution in [0.3, 0.4) is 0 Å². The van der Waals surface area contributed by atoms with Crippen LogP contribution in [0, 0.1) is 0 Å². The highest BCUT2D eigenvalue weighted by Gasteiger charge is 2.11. The molecule has 0 aliphatic rings. The summed E-state index contributed by atoms with van der Waals surface area (Å²) in [5.74, 6) is 0.965. The monoisotopic (exact) mass is 263 g/mol. The minimum atomic E-state index is 0.0508. The highest BCUT2D eigenvalue weighted by molar-refractivity contribution is 5.96. The van der Waals surface area contributed by atoms with Crippen LogP contribution in [-0.2, 0) is 0 Å². The van der Waals surface area contributed by atoms with Crippen LogP contribution in [0.2, 0.25) is 0 Å². The molecule has 1 aromatic carbocycles. The van der Waals surface area contributed by atoms with Crippen LogP contribution in [0.15, 0.2) is 24.3 Å². The van der Waals surface area contributed by atoms with Gasteiger partial charge in [0.1, 0.15) is 5.75 Å². The Morgan fingerprint density at radius 3 is 2.26 bits per heavy atom. The molecule has 0 radical (unpaired) electrons. The smallest absolute Gasteiger partial charge is 0.164 e. The van der Waals surface area contributed by atoms with Crippen molar-refractivity contribution in [3.05, 3.63) is 29.8 Å². The maximum Gasteiger partial charge on any atom is 0.164 e. The van der Waals surface area contributed by atoms with E-state index in [-0.39, 0.29) is 17.4 Å². The minimum Gasteiger partial charge on any atom is -0.491 e. The van der Waals surface area contributed by atoms with Crippen molar-refractivity contribution in [2.75, 3.05) is 6.54 Å². The van der Waals surface area contributed by atoms with Gasteiger partial charge in [0.05, 0.1) is 6.10 Å². The lowest BCUT2D eigenvalue weighted by atomic mass is 10.1. The number of hydrogen-bond donors (Lipinski definition) is 1. The molecule has 0 unspecified atom stereocenters. The van der Waals surface area contributed by atoms with E-state index in [1.807, 2.05) is 38.1 Å². The Morgan fingerprint density at radius 1 is 1.21 bits per heavy atom. The van der Waals surface area contributed by atoms with Gasteiger partial charge in [0.2, 0.25) is 0 Å². The number of ether oxygens (including phenoxy) is 1. The standard InChI is InChI=1S/C16H25NO2/c1-12(2)19-14-8-6-13(7-9-14)15(18)10-11-17-16(3,4)5/h6-9,12,17H,10-11H2,1-5H3. The van der Waals surface area contributed by atoms with E-state index in [4.69, 9.17) is 4.74 Å². The molecule has 0 atom stereocenters. The van der Waals surface area contributed by atoms with Gasteiger partial charge in [-0.15, -0.1) is 0 Å². The predicted molar refractivity (Wildman–Crippen MR) is 78.9 cm³/mol. The van der Waals surface area contributed by atoms with Gasteiger partial charge in [-0.2, -0.15) is 0 Å². The van der Waals surface area contributed by atoms with E-state index in [0.29, 0.717) is 13.0 Å². The van der Waals surface area contributed by atoms with E-state index in [1.54, 1.807) is 0 Å². The zero-order valence-corrected chi connectivity index (χ0v) is 12.6. The Kier molecular flexibility index (Phi) is 5.55. The summed E-state index contributed by atoms with van der Waals surface area (Å²) in [6.45, 7) is 10.9. The molecule has 0 amide bonds. The van der Waals surface area contributed by atoms with E-state index in [2.05, 4.69) is 26.1 Å². The van der Waals surface area contributed by atoms with Gasteiger partial charge >= 0.3 is 0 Å². The Morgan fingerprint density at radius 2 is 1.79 bits per heavy atom. The lowest BCUT2D eigenvalue weighted by Crippen LogP contribution is -2.37. The zero-order chi connectivity index (χ0) is 14.5. The van der Waals surface area contributed by atoms with Crippen LogP contribution in [0.25, 0.3) is 0 Å². The Bertz CT molecular complexity index is 402. The number of benzene rings is 1. The molecule has 0 spiro atoms. The van der Waals surface area contributed by atoms with Crippen LogP contribution < -0.4 is 10.1 Å². The summed E-state index contributed by atoms with van der Waals surface area (Å²) in [7, 11) is 0. The van der Waals surface area contributed by atoms with Gasteiger partial charge in [0, 0.05) is 24.1 Å². The summed E-state index contributed by atoms with van der Waals surface area (Å²) in [6, 6.07) is 7.36. The molecule has 0 bridgehead atoms. The number of rotatable bonds is 6. The number of Topliss-reactive ketones (excluding diaryl/α,β-unsaturated/α-hetero) is 1. The second-order valence-corrected chi connectivity index (χ2v) is 6.04. The lowest BCUT2D eigenvalue weighted by molar-refractivity contribution is 0.0980. The number of hydrogen-bond acceptors (Lipinski definition) is 3. The van der Waals surface area contributed by atoms with Crippen molar-refractivity contribution in [2.24, 2.45) is 0 Å². The SMILES string of the molecule is CC(C)Oc1ccc(C(=O)CCNC(C)(C)C)cc1. The lowest BCUT2D eigenvalue weighted by Gasteiger charge is -2.20. The summed E-state index contributed by atoms with van der Waals surface area (Å²) in [6.07, 6.45) is 0.666. The van der Waals surface area contributed by atoms with Crippen molar-refractivity contribution in [1.82, 2.24) is 5.32 Å². The molecule has 1 N–H and O–H groups in total. The highest BCUT2D eigenvalue weighted by Crippen LogP contribution is 2.15. The topological polar surface area (TPSA) is 38.3 Å². The maximum atomic E-state index is 12.0. The third-order valence-corrected chi connectivity index (χ3v) is 2.56. The number of nitrogens with one attached hydrogen (secondary N) is 1. The fraction of sp³-hybridized carbons (Fsp3) is 0.562. The average molecular weight is 263 g/mol. The molecular formula is C16H25NO2. The fourth-order valence-electron chi connectivity index (χ4n) is 1.69. The normalized spacial score (nSPS) is 11.7. The Hall–Kier alpha value is -1.35. The number of carbonyl (C=O) groups is 1. The molecule has 1 aromatic rings. The van der Waals surface area contributed by atoms with E-state index in [1.165, 1.54) is 0 Å². The first-order valence-electron chi connectivity index (χ1n) is 6.83. The molecule has 0 heterocycles. The van der Waals surface area contributed by atoms with E-state index in [0.717, 1.165) is 11.3 Å². The van der Waals surface area contributed by atoms with Crippen LogP contribution >= 0.6 is 0 Å². The first kappa shape index (κ1) is 15.7. The molecule has 0 aromatic heterocycles. The predicted octanol–water partition coefficient (Wildman–Crippen LogP) is 3.43. The zero-order valence-electron chi connectivity index (χ0n) is 12.6. The Labute approximate surface area is 116 Å².